The second-order valence-electron chi connectivity index (χ2n) is 6.92. The Bertz CT molecular complexity index is 928. The van der Waals surface area contributed by atoms with Crippen molar-refractivity contribution in [2.75, 3.05) is 13.1 Å². The number of benzene rings is 1. The largest absolute Gasteiger partial charge is 0.343 e. The Kier molecular flexibility index (Phi) is 6.17. The molecule has 0 saturated carbocycles. The predicted molar refractivity (Wildman–Crippen MR) is 101 cm³/mol. The van der Waals surface area contributed by atoms with E-state index in [1.807, 2.05) is 30.3 Å². The summed E-state index contributed by atoms with van der Waals surface area (Å²) < 4.78 is 26.9. The van der Waals surface area contributed by atoms with Crippen LogP contribution in [0.1, 0.15) is 34.3 Å². The molecule has 2 aromatic rings. The molecule has 3 rings (SSSR count). The van der Waals surface area contributed by atoms with E-state index in [2.05, 4.69) is 10.3 Å². The highest BCUT2D eigenvalue weighted by Crippen LogP contribution is 2.31. The van der Waals surface area contributed by atoms with Gasteiger partial charge in [0.15, 0.2) is 0 Å². The van der Waals surface area contributed by atoms with Gasteiger partial charge in [0.2, 0.25) is 5.91 Å². The lowest BCUT2D eigenvalue weighted by atomic mass is 9.99. The number of likely N-dealkylation sites (tertiary alicyclic amines) is 1. The highest BCUT2D eigenvalue weighted by Gasteiger charge is 2.42. The summed E-state index contributed by atoms with van der Waals surface area (Å²) in [6.45, 7) is -0.579. The Balaban J connectivity index is 1.64. The van der Waals surface area contributed by atoms with Gasteiger partial charge in [0.25, 0.3) is 11.8 Å². The molecule has 8 heteroatoms. The smallest absolute Gasteiger partial charge is 0.252 e. The number of piperidine rings is 1. The average Bonchev–Trinajstić information content (AvgIpc) is 2.72. The Morgan fingerprint density at radius 2 is 2.03 bits per heavy atom. The molecule has 1 aromatic carbocycles. The van der Waals surface area contributed by atoms with Crippen molar-refractivity contribution in [2.24, 2.45) is 0 Å². The van der Waals surface area contributed by atoms with Crippen molar-refractivity contribution in [1.29, 1.82) is 5.26 Å². The molecule has 0 aliphatic carbocycles. The summed E-state index contributed by atoms with van der Waals surface area (Å²) in [6, 6.07) is 11.7. The number of carbonyl (C=O) groups excluding carboxylic acids is 2. The second kappa shape index (κ2) is 8.78. The van der Waals surface area contributed by atoms with Crippen LogP contribution in [0.5, 0.6) is 0 Å². The topological polar surface area (TPSA) is 86.1 Å². The van der Waals surface area contributed by atoms with Crippen LogP contribution in [0, 0.1) is 11.3 Å². The molecule has 1 aliphatic rings. The quantitative estimate of drug-likeness (QED) is 0.839. The van der Waals surface area contributed by atoms with Crippen molar-refractivity contribution in [3.8, 4) is 6.07 Å². The van der Waals surface area contributed by atoms with Gasteiger partial charge in [0.05, 0.1) is 12.6 Å². The molecule has 29 heavy (non-hydrogen) atoms. The van der Waals surface area contributed by atoms with Crippen molar-refractivity contribution in [3.05, 3.63) is 65.5 Å². The Morgan fingerprint density at radius 1 is 1.28 bits per heavy atom. The van der Waals surface area contributed by atoms with Crippen molar-refractivity contribution in [2.45, 2.75) is 31.2 Å². The van der Waals surface area contributed by atoms with Gasteiger partial charge in [0, 0.05) is 37.3 Å². The molecular weight excluding hydrogens is 378 g/mol. The summed E-state index contributed by atoms with van der Waals surface area (Å²) in [5.74, 6) is -3.97. The molecule has 1 aliphatic heterocycles. The van der Waals surface area contributed by atoms with E-state index in [1.54, 1.807) is 18.3 Å². The van der Waals surface area contributed by atoms with E-state index in [1.165, 1.54) is 6.20 Å². The van der Waals surface area contributed by atoms with E-state index in [0.717, 1.165) is 10.5 Å². The summed E-state index contributed by atoms with van der Waals surface area (Å²) in [6.07, 6.45) is 2.42. The van der Waals surface area contributed by atoms with E-state index < -0.39 is 36.6 Å². The zero-order valence-electron chi connectivity index (χ0n) is 15.6. The van der Waals surface area contributed by atoms with Crippen molar-refractivity contribution < 1.29 is 18.4 Å². The SMILES string of the molecule is N#C[C@@H]1CC(F)(F)CCN1C(=O)CNC(=O)c1ccncc1Cc1ccccc1. The number of alkyl halides is 2. The Labute approximate surface area is 167 Å². The van der Waals surface area contributed by atoms with Crippen LogP contribution in [0.4, 0.5) is 8.78 Å². The first-order valence-corrected chi connectivity index (χ1v) is 9.21. The standard InChI is InChI=1S/C21H20F2N4O2/c22-21(23)7-9-27(17(11-21)12-24)19(28)14-26-20(29)18-6-8-25-13-16(18)10-15-4-2-1-3-5-15/h1-6,8,13,17H,7,9-11,14H2,(H,26,29)/t17-/m0/s1. The third-order valence-electron chi connectivity index (χ3n) is 4.84. The van der Waals surface area contributed by atoms with Crippen molar-refractivity contribution in [3.63, 3.8) is 0 Å². The molecule has 150 valence electrons. The number of pyridine rings is 1. The molecule has 0 spiro atoms. The number of rotatable bonds is 5. The van der Waals surface area contributed by atoms with Gasteiger partial charge < -0.3 is 10.2 Å². The number of nitrogens with one attached hydrogen (secondary N) is 1. The summed E-state index contributed by atoms with van der Waals surface area (Å²) >= 11 is 0. The first-order valence-electron chi connectivity index (χ1n) is 9.21. The monoisotopic (exact) mass is 398 g/mol. The van der Waals surface area contributed by atoms with Crippen molar-refractivity contribution in [1.82, 2.24) is 15.2 Å². The number of aromatic nitrogens is 1. The minimum atomic E-state index is -2.95. The number of hydrogen-bond donors (Lipinski definition) is 1. The van der Waals surface area contributed by atoms with Gasteiger partial charge in [-0.3, -0.25) is 14.6 Å². The molecule has 0 radical (unpaired) electrons. The van der Waals surface area contributed by atoms with Gasteiger partial charge in [-0.25, -0.2) is 8.78 Å². The number of nitriles is 1. The molecule has 6 nitrogen and oxygen atoms in total. The van der Waals surface area contributed by atoms with Gasteiger partial charge in [-0.1, -0.05) is 30.3 Å². The Hall–Kier alpha value is -3.34. The van der Waals surface area contributed by atoms with Crippen LogP contribution >= 0.6 is 0 Å². The number of nitrogens with zero attached hydrogens (tertiary/aromatic N) is 3. The zero-order chi connectivity index (χ0) is 20.9. The van der Waals surface area contributed by atoms with Crippen LogP contribution in [-0.4, -0.2) is 46.8 Å². The van der Waals surface area contributed by atoms with Crippen LogP contribution < -0.4 is 5.32 Å². The fourth-order valence-electron chi connectivity index (χ4n) is 3.31. The number of halogens is 2. The Morgan fingerprint density at radius 3 is 2.76 bits per heavy atom. The minimum absolute atomic E-state index is 0.214. The van der Waals surface area contributed by atoms with Gasteiger partial charge >= 0.3 is 0 Å². The number of hydrogen-bond acceptors (Lipinski definition) is 4. The molecule has 1 N–H and O–H groups in total. The van der Waals surface area contributed by atoms with E-state index in [4.69, 9.17) is 5.26 Å². The number of carbonyl (C=O) groups is 2. The van der Waals surface area contributed by atoms with E-state index in [9.17, 15) is 18.4 Å². The molecule has 2 amide bonds. The van der Waals surface area contributed by atoms with Gasteiger partial charge in [-0.15, -0.1) is 0 Å². The van der Waals surface area contributed by atoms with Crippen LogP contribution in [-0.2, 0) is 11.2 Å². The predicted octanol–water partition coefficient (Wildman–Crippen LogP) is 2.55. The molecule has 2 heterocycles. The maximum atomic E-state index is 13.5. The lowest BCUT2D eigenvalue weighted by molar-refractivity contribution is -0.139. The highest BCUT2D eigenvalue weighted by atomic mass is 19.3. The first-order chi connectivity index (χ1) is 13.9. The summed E-state index contributed by atoms with van der Waals surface area (Å²) in [4.78, 5) is 30.2. The van der Waals surface area contributed by atoms with E-state index in [-0.39, 0.29) is 13.1 Å². The second-order valence-corrected chi connectivity index (χ2v) is 6.92. The zero-order valence-corrected chi connectivity index (χ0v) is 15.6. The third kappa shape index (κ3) is 5.13. The van der Waals surface area contributed by atoms with Gasteiger partial charge in [-0.05, 0) is 23.6 Å². The summed E-state index contributed by atoms with van der Waals surface area (Å²) in [7, 11) is 0. The molecule has 1 fully saturated rings. The average molecular weight is 398 g/mol. The van der Waals surface area contributed by atoms with Crippen LogP contribution in [0.15, 0.2) is 48.8 Å². The first kappa shape index (κ1) is 20.4. The molecule has 1 atom stereocenters. The molecule has 1 saturated heterocycles. The van der Waals surface area contributed by atoms with Crippen LogP contribution in [0.3, 0.4) is 0 Å². The third-order valence-corrected chi connectivity index (χ3v) is 4.84. The maximum Gasteiger partial charge on any atom is 0.252 e. The number of amides is 2. The van der Waals surface area contributed by atoms with Gasteiger partial charge in [0.1, 0.15) is 6.04 Å². The summed E-state index contributed by atoms with van der Waals surface area (Å²) in [5.41, 5.74) is 2.10. The normalized spacial score (nSPS) is 18.0. The molecule has 1 aromatic heterocycles. The van der Waals surface area contributed by atoms with Crippen LogP contribution in [0.25, 0.3) is 0 Å². The lowest BCUT2D eigenvalue weighted by Gasteiger charge is -2.35. The highest BCUT2D eigenvalue weighted by molar-refractivity contribution is 5.97. The van der Waals surface area contributed by atoms with Gasteiger partial charge in [-0.2, -0.15) is 5.26 Å². The summed E-state index contributed by atoms with van der Waals surface area (Å²) in [5, 5.41) is 11.6. The van der Waals surface area contributed by atoms with Crippen LogP contribution in [0.2, 0.25) is 0 Å². The fraction of sp³-hybridized carbons (Fsp3) is 0.333. The van der Waals surface area contributed by atoms with E-state index >= 15 is 0 Å². The van der Waals surface area contributed by atoms with Crippen molar-refractivity contribution >= 4 is 11.8 Å². The lowest BCUT2D eigenvalue weighted by Crippen LogP contribution is -2.51. The fourth-order valence-corrected chi connectivity index (χ4v) is 3.31. The van der Waals surface area contributed by atoms with E-state index in [0.29, 0.717) is 17.5 Å². The minimum Gasteiger partial charge on any atom is -0.343 e. The maximum absolute atomic E-state index is 13.5. The molecular formula is C21H20F2N4O2. The molecule has 0 unspecified atom stereocenters. The molecule has 0 bridgehead atoms.